The lowest BCUT2D eigenvalue weighted by molar-refractivity contribution is -0.145. The molecule has 0 aliphatic carbocycles. The Hall–Kier alpha value is -2.06. The molecule has 1 aliphatic rings. The van der Waals surface area contributed by atoms with Crippen LogP contribution in [0.1, 0.15) is 36.6 Å². The predicted octanol–water partition coefficient (Wildman–Crippen LogP) is 3.36. The van der Waals surface area contributed by atoms with Crippen LogP contribution in [0.15, 0.2) is 34.9 Å². The molecule has 1 fully saturated rings. The van der Waals surface area contributed by atoms with Gasteiger partial charge in [-0.15, -0.1) is 11.3 Å². The molecule has 3 amide bonds. The molecule has 2 aromatic rings. The fourth-order valence-electron chi connectivity index (χ4n) is 2.91. The van der Waals surface area contributed by atoms with Gasteiger partial charge in [-0.3, -0.25) is 19.3 Å². The number of carbonyl (C=O) groups is 3. The van der Waals surface area contributed by atoms with Gasteiger partial charge in [-0.05, 0) is 24.1 Å². The van der Waals surface area contributed by atoms with Crippen LogP contribution in [0.4, 0.5) is 5.13 Å². The second-order valence-corrected chi connectivity index (χ2v) is 8.04. The lowest BCUT2D eigenvalue weighted by Crippen LogP contribution is -2.46. The van der Waals surface area contributed by atoms with Crippen molar-refractivity contribution in [1.29, 1.82) is 0 Å². The third-order valence-corrected chi connectivity index (χ3v) is 5.55. The van der Waals surface area contributed by atoms with Crippen LogP contribution in [0.3, 0.4) is 0 Å². The zero-order chi connectivity index (χ0) is 18.7. The quantitative estimate of drug-likeness (QED) is 0.705. The first kappa shape index (κ1) is 18.7. The highest BCUT2D eigenvalue weighted by atomic mass is 79.9. The molecular weight excluding hydrogens is 418 g/mol. The fraction of sp³-hybridized carbons (Fsp3) is 0.333. The Bertz CT molecular complexity index is 836. The van der Waals surface area contributed by atoms with Gasteiger partial charge in [-0.2, -0.15) is 0 Å². The third-order valence-electron chi connectivity index (χ3n) is 4.14. The van der Waals surface area contributed by atoms with Crippen molar-refractivity contribution < 1.29 is 14.4 Å². The molecule has 0 radical (unpaired) electrons. The number of anilines is 1. The number of benzene rings is 1. The molecule has 1 N–H and O–H groups in total. The Kier molecular flexibility index (Phi) is 5.83. The molecular formula is C18H18BrN3O3S. The van der Waals surface area contributed by atoms with Gasteiger partial charge < -0.3 is 5.32 Å². The minimum Gasteiger partial charge on any atom is -0.300 e. The molecule has 1 unspecified atom stereocenters. The van der Waals surface area contributed by atoms with Gasteiger partial charge in [0.05, 0.1) is 0 Å². The summed E-state index contributed by atoms with van der Waals surface area (Å²) in [5.41, 5.74) is 1.14. The van der Waals surface area contributed by atoms with E-state index in [9.17, 15) is 14.4 Å². The molecule has 136 valence electrons. The van der Waals surface area contributed by atoms with E-state index in [0.717, 1.165) is 19.8 Å². The number of imide groups is 1. The Morgan fingerprint density at radius 1 is 1.35 bits per heavy atom. The number of nitrogens with one attached hydrogen (secondary N) is 1. The summed E-state index contributed by atoms with van der Waals surface area (Å²) >= 11 is 4.84. The summed E-state index contributed by atoms with van der Waals surface area (Å²) in [6, 6.07) is 7.22. The molecule has 0 saturated carbocycles. The van der Waals surface area contributed by atoms with E-state index < -0.39 is 6.04 Å². The van der Waals surface area contributed by atoms with Gasteiger partial charge in [0.2, 0.25) is 17.7 Å². The van der Waals surface area contributed by atoms with E-state index in [4.69, 9.17) is 0 Å². The number of amides is 3. The summed E-state index contributed by atoms with van der Waals surface area (Å²) in [6.45, 7) is 1.78. The largest absolute Gasteiger partial charge is 0.300 e. The predicted molar refractivity (Wildman–Crippen MR) is 103 cm³/mol. The molecule has 1 saturated heterocycles. The molecule has 2 heterocycles. The molecule has 6 nitrogen and oxygen atoms in total. The topological polar surface area (TPSA) is 79.4 Å². The standard InChI is InChI=1S/C18H18BrN3O3S/c1-2-14(22-15(23)6-7-16(22)24)17(25)21-18-20-10-13(26-18)9-11-4-3-5-12(19)8-11/h3-5,8,10,14H,2,6-7,9H2,1H3,(H,20,21,25). The summed E-state index contributed by atoms with van der Waals surface area (Å²) in [5.74, 6) is -0.947. The number of hydrogen-bond acceptors (Lipinski definition) is 5. The fourth-order valence-corrected chi connectivity index (χ4v) is 4.21. The highest BCUT2D eigenvalue weighted by Gasteiger charge is 2.37. The molecule has 26 heavy (non-hydrogen) atoms. The van der Waals surface area contributed by atoms with Crippen molar-refractivity contribution >= 4 is 50.1 Å². The lowest BCUT2D eigenvalue weighted by atomic mass is 10.1. The van der Waals surface area contributed by atoms with E-state index in [1.54, 1.807) is 13.1 Å². The van der Waals surface area contributed by atoms with E-state index in [0.29, 0.717) is 18.0 Å². The molecule has 1 aliphatic heterocycles. The minimum atomic E-state index is -0.782. The zero-order valence-corrected chi connectivity index (χ0v) is 16.6. The average Bonchev–Trinajstić information content (AvgIpc) is 3.16. The highest BCUT2D eigenvalue weighted by Crippen LogP contribution is 2.24. The maximum atomic E-state index is 12.5. The molecule has 0 bridgehead atoms. The molecule has 0 spiro atoms. The van der Waals surface area contributed by atoms with Crippen molar-refractivity contribution in [3.8, 4) is 0 Å². The van der Waals surface area contributed by atoms with Gasteiger partial charge in [0.15, 0.2) is 5.13 Å². The number of hydrogen-bond donors (Lipinski definition) is 1. The Labute approximate surface area is 163 Å². The number of carbonyl (C=O) groups excluding carboxylic acids is 3. The summed E-state index contributed by atoms with van der Waals surface area (Å²) in [7, 11) is 0. The van der Waals surface area contributed by atoms with Crippen molar-refractivity contribution in [1.82, 2.24) is 9.88 Å². The Morgan fingerprint density at radius 3 is 2.73 bits per heavy atom. The number of nitrogens with zero attached hydrogens (tertiary/aromatic N) is 2. The van der Waals surface area contributed by atoms with Gasteiger partial charge in [0.25, 0.3) is 0 Å². The van der Waals surface area contributed by atoms with Gasteiger partial charge in [0.1, 0.15) is 6.04 Å². The average molecular weight is 436 g/mol. The van der Waals surface area contributed by atoms with Crippen LogP contribution >= 0.6 is 27.3 Å². The van der Waals surface area contributed by atoms with Crippen molar-refractivity contribution in [2.24, 2.45) is 0 Å². The molecule has 8 heteroatoms. The van der Waals surface area contributed by atoms with Crippen LogP contribution in [-0.2, 0) is 20.8 Å². The highest BCUT2D eigenvalue weighted by molar-refractivity contribution is 9.10. The zero-order valence-electron chi connectivity index (χ0n) is 14.2. The van der Waals surface area contributed by atoms with Crippen LogP contribution in [0.2, 0.25) is 0 Å². The van der Waals surface area contributed by atoms with E-state index >= 15 is 0 Å². The Balaban J connectivity index is 1.67. The van der Waals surface area contributed by atoms with Crippen molar-refractivity contribution in [2.45, 2.75) is 38.6 Å². The summed E-state index contributed by atoms with van der Waals surface area (Å²) in [4.78, 5) is 42.7. The van der Waals surface area contributed by atoms with Gasteiger partial charge in [0, 0.05) is 34.8 Å². The van der Waals surface area contributed by atoms with Crippen molar-refractivity contribution in [3.63, 3.8) is 0 Å². The normalized spacial score (nSPS) is 15.4. The Morgan fingerprint density at radius 2 is 2.08 bits per heavy atom. The number of rotatable bonds is 6. The van der Waals surface area contributed by atoms with Crippen LogP contribution in [0.5, 0.6) is 0 Å². The summed E-state index contributed by atoms with van der Waals surface area (Å²) < 4.78 is 1.01. The van der Waals surface area contributed by atoms with E-state index in [-0.39, 0.29) is 30.6 Å². The van der Waals surface area contributed by atoms with Crippen LogP contribution < -0.4 is 5.32 Å². The van der Waals surface area contributed by atoms with Crippen LogP contribution in [0, 0.1) is 0 Å². The van der Waals surface area contributed by atoms with Crippen molar-refractivity contribution in [2.75, 3.05) is 5.32 Å². The first-order valence-corrected chi connectivity index (χ1v) is 9.93. The van der Waals surface area contributed by atoms with Crippen molar-refractivity contribution in [3.05, 3.63) is 45.4 Å². The van der Waals surface area contributed by atoms with Gasteiger partial charge >= 0.3 is 0 Å². The minimum absolute atomic E-state index is 0.177. The number of thiazole rings is 1. The SMILES string of the molecule is CCC(C(=O)Nc1ncc(Cc2cccc(Br)c2)s1)N1C(=O)CCC1=O. The van der Waals surface area contributed by atoms with Crippen LogP contribution in [0.25, 0.3) is 0 Å². The van der Waals surface area contributed by atoms with E-state index in [1.807, 2.05) is 24.3 Å². The molecule has 1 aromatic heterocycles. The first-order valence-electron chi connectivity index (χ1n) is 8.33. The number of aromatic nitrogens is 1. The van der Waals surface area contributed by atoms with E-state index in [1.165, 1.54) is 11.3 Å². The number of likely N-dealkylation sites (tertiary alicyclic amines) is 1. The maximum Gasteiger partial charge on any atom is 0.249 e. The summed E-state index contributed by atoms with van der Waals surface area (Å²) in [6.07, 6.45) is 3.18. The molecule has 1 aromatic carbocycles. The monoisotopic (exact) mass is 435 g/mol. The van der Waals surface area contributed by atoms with E-state index in [2.05, 4.69) is 26.2 Å². The maximum absolute atomic E-state index is 12.5. The lowest BCUT2D eigenvalue weighted by Gasteiger charge is -2.23. The van der Waals surface area contributed by atoms with Gasteiger partial charge in [-0.1, -0.05) is 35.0 Å². The van der Waals surface area contributed by atoms with Crippen LogP contribution in [-0.4, -0.2) is 33.6 Å². The molecule has 3 rings (SSSR count). The number of halogens is 1. The second kappa shape index (κ2) is 8.09. The smallest absolute Gasteiger partial charge is 0.249 e. The van der Waals surface area contributed by atoms with Gasteiger partial charge in [-0.25, -0.2) is 4.98 Å². The first-order chi connectivity index (χ1) is 12.5. The second-order valence-electron chi connectivity index (χ2n) is 6.01. The third kappa shape index (κ3) is 4.19. The summed E-state index contributed by atoms with van der Waals surface area (Å²) in [5, 5.41) is 3.21. The molecule has 1 atom stereocenters.